The molecule has 0 unspecified atom stereocenters. The number of hydrogen-bond donors (Lipinski definition) is 2. The Morgan fingerprint density at radius 2 is 0.914 bits per heavy atom. The van der Waals surface area contributed by atoms with Crippen molar-refractivity contribution in [1.82, 2.24) is 0 Å². The summed E-state index contributed by atoms with van der Waals surface area (Å²) in [7, 11) is 0. The molecule has 0 amide bonds. The molecular formula is C20H9F11N2O2. The lowest BCUT2D eigenvalue weighted by Crippen LogP contribution is -2.17. The van der Waals surface area contributed by atoms with Gasteiger partial charge in [0.1, 0.15) is 34.3 Å². The first-order valence-corrected chi connectivity index (χ1v) is 8.86. The van der Waals surface area contributed by atoms with E-state index in [1.54, 1.807) is 0 Å². The Hall–Kier alpha value is -3.91. The van der Waals surface area contributed by atoms with Crippen molar-refractivity contribution in [3.8, 4) is 23.0 Å². The number of ether oxygens (including phenoxy) is 2. The minimum absolute atomic E-state index is 0.00142. The second-order valence-corrected chi connectivity index (χ2v) is 6.74. The van der Waals surface area contributed by atoms with Gasteiger partial charge in [0.05, 0.1) is 11.4 Å². The van der Waals surface area contributed by atoms with E-state index in [1.165, 1.54) is 0 Å². The highest BCUT2D eigenvalue weighted by molar-refractivity contribution is 5.58. The molecule has 3 rings (SSSR count). The van der Waals surface area contributed by atoms with Crippen molar-refractivity contribution >= 4 is 11.4 Å². The van der Waals surface area contributed by atoms with E-state index in [4.69, 9.17) is 11.5 Å². The third kappa shape index (κ3) is 5.12. The van der Waals surface area contributed by atoms with Gasteiger partial charge in [-0.2, -0.15) is 26.3 Å². The fourth-order valence-corrected chi connectivity index (χ4v) is 2.79. The minimum Gasteiger partial charge on any atom is -0.453 e. The van der Waals surface area contributed by atoms with Gasteiger partial charge in [-0.1, -0.05) is 0 Å². The molecule has 0 bridgehead atoms. The van der Waals surface area contributed by atoms with Gasteiger partial charge in [0.25, 0.3) is 0 Å². The number of hydrogen-bond acceptors (Lipinski definition) is 4. The van der Waals surface area contributed by atoms with Gasteiger partial charge in [-0.25, -0.2) is 22.0 Å². The summed E-state index contributed by atoms with van der Waals surface area (Å²) in [6, 6.07) is 0.274. The van der Waals surface area contributed by atoms with Crippen molar-refractivity contribution in [3.63, 3.8) is 0 Å². The van der Waals surface area contributed by atoms with Crippen LogP contribution in [-0.2, 0) is 12.4 Å². The third-order valence-electron chi connectivity index (χ3n) is 4.30. The predicted octanol–water partition coefficient (Wildman–Crippen LogP) is 7.17. The third-order valence-corrected chi connectivity index (χ3v) is 4.30. The number of alkyl halides is 6. The number of rotatable bonds is 4. The van der Waals surface area contributed by atoms with Gasteiger partial charge in [0, 0.05) is 30.3 Å². The van der Waals surface area contributed by atoms with Crippen molar-refractivity contribution in [1.29, 1.82) is 0 Å². The molecule has 3 aromatic carbocycles. The van der Waals surface area contributed by atoms with E-state index < -0.39 is 86.9 Å². The van der Waals surface area contributed by atoms with E-state index in [1.807, 2.05) is 0 Å². The zero-order valence-electron chi connectivity index (χ0n) is 16.5. The van der Waals surface area contributed by atoms with Gasteiger partial charge in [-0.15, -0.1) is 0 Å². The normalized spacial score (nSPS) is 12.1. The molecule has 0 aromatic heterocycles. The fraction of sp³-hybridized carbons (Fsp3) is 0.100. The first kappa shape index (κ1) is 25.7. The molecule has 0 radical (unpaired) electrons. The Balaban J connectivity index is 2.34. The van der Waals surface area contributed by atoms with E-state index in [0.29, 0.717) is 6.07 Å². The van der Waals surface area contributed by atoms with Crippen LogP contribution >= 0.6 is 0 Å². The van der Waals surface area contributed by atoms with Crippen LogP contribution in [0.4, 0.5) is 59.7 Å². The molecule has 0 aliphatic carbocycles. The van der Waals surface area contributed by atoms with Crippen LogP contribution in [0.1, 0.15) is 11.1 Å². The summed E-state index contributed by atoms with van der Waals surface area (Å²) >= 11 is 0. The fourth-order valence-electron chi connectivity index (χ4n) is 2.79. The van der Waals surface area contributed by atoms with Crippen LogP contribution in [0.3, 0.4) is 0 Å². The standard InChI is InChI=1S/C20H9F11N2O2/c21-6-1-8(23)13(4-11(6)32)34-15-3-10(25)16(19(26,27)28)18(17(15)20(29,30)31)35-14-5-12(33)7(22)2-9(14)24/h1-5H,32-33H2. The quantitative estimate of drug-likeness (QED) is 0.284. The minimum atomic E-state index is -5.84. The van der Waals surface area contributed by atoms with Gasteiger partial charge < -0.3 is 20.9 Å². The molecule has 4 nitrogen and oxygen atoms in total. The van der Waals surface area contributed by atoms with E-state index >= 15 is 0 Å². The van der Waals surface area contributed by atoms with E-state index in [0.717, 1.165) is 0 Å². The highest BCUT2D eigenvalue weighted by Gasteiger charge is 2.48. The van der Waals surface area contributed by atoms with Crippen molar-refractivity contribution < 1.29 is 57.8 Å². The van der Waals surface area contributed by atoms with Crippen molar-refractivity contribution in [2.24, 2.45) is 0 Å². The summed E-state index contributed by atoms with van der Waals surface area (Å²) in [5.41, 5.74) is 3.46. The van der Waals surface area contributed by atoms with E-state index in [2.05, 4.69) is 9.47 Å². The van der Waals surface area contributed by atoms with Crippen molar-refractivity contribution in [2.45, 2.75) is 12.4 Å². The Kier molecular flexibility index (Phi) is 6.39. The number of nitrogen functional groups attached to an aromatic ring is 2. The number of anilines is 2. The van der Waals surface area contributed by atoms with Gasteiger partial charge in [0.2, 0.25) is 0 Å². The first-order valence-electron chi connectivity index (χ1n) is 8.86. The monoisotopic (exact) mass is 518 g/mol. The summed E-state index contributed by atoms with van der Waals surface area (Å²) in [5, 5.41) is 0. The maximum atomic E-state index is 14.5. The lowest BCUT2D eigenvalue weighted by atomic mass is 10.0. The van der Waals surface area contributed by atoms with Crippen LogP contribution in [0.5, 0.6) is 23.0 Å². The van der Waals surface area contributed by atoms with Crippen LogP contribution in [-0.4, -0.2) is 0 Å². The first-order chi connectivity index (χ1) is 16.0. The Labute approximate surface area is 187 Å². The zero-order chi connectivity index (χ0) is 26.5. The topological polar surface area (TPSA) is 70.5 Å². The Morgan fingerprint density at radius 1 is 0.486 bits per heavy atom. The maximum absolute atomic E-state index is 14.5. The van der Waals surface area contributed by atoms with Gasteiger partial charge in [0.15, 0.2) is 28.9 Å². The molecule has 0 fully saturated rings. The Morgan fingerprint density at radius 3 is 1.34 bits per heavy atom. The molecule has 0 saturated heterocycles. The summed E-state index contributed by atoms with van der Waals surface area (Å²) < 4.78 is 160. The summed E-state index contributed by atoms with van der Waals surface area (Å²) in [5.74, 6) is -15.4. The summed E-state index contributed by atoms with van der Waals surface area (Å²) in [4.78, 5) is 0. The van der Waals surface area contributed by atoms with E-state index in [-0.39, 0.29) is 24.3 Å². The molecule has 188 valence electrons. The highest BCUT2D eigenvalue weighted by atomic mass is 19.4. The van der Waals surface area contributed by atoms with Gasteiger partial charge in [-0.3, -0.25) is 0 Å². The molecule has 3 aromatic rings. The van der Waals surface area contributed by atoms with Crippen LogP contribution in [0.2, 0.25) is 0 Å². The maximum Gasteiger partial charge on any atom is 0.423 e. The van der Waals surface area contributed by atoms with E-state index in [9.17, 15) is 48.3 Å². The van der Waals surface area contributed by atoms with Crippen LogP contribution in [0.15, 0.2) is 30.3 Å². The zero-order valence-corrected chi connectivity index (χ0v) is 16.5. The second-order valence-electron chi connectivity index (χ2n) is 6.74. The molecule has 0 atom stereocenters. The van der Waals surface area contributed by atoms with Gasteiger partial charge in [-0.05, 0) is 0 Å². The largest absolute Gasteiger partial charge is 0.453 e. The number of halogens is 11. The highest BCUT2D eigenvalue weighted by Crippen LogP contribution is 2.52. The lowest BCUT2D eigenvalue weighted by molar-refractivity contribution is -0.147. The lowest BCUT2D eigenvalue weighted by Gasteiger charge is -2.23. The average Bonchev–Trinajstić information content (AvgIpc) is 2.68. The molecule has 0 aliphatic heterocycles. The number of nitrogens with two attached hydrogens (primary N) is 2. The molecule has 0 aliphatic rings. The molecule has 35 heavy (non-hydrogen) atoms. The van der Waals surface area contributed by atoms with Crippen molar-refractivity contribution in [2.75, 3.05) is 11.5 Å². The van der Waals surface area contributed by atoms with Crippen LogP contribution in [0, 0.1) is 29.1 Å². The molecule has 15 heteroatoms. The summed E-state index contributed by atoms with van der Waals surface area (Å²) in [6.45, 7) is 0. The molecule has 0 spiro atoms. The molecule has 0 heterocycles. The number of benzene rings is 3. The molecule has 0 saturated carbocycles. The second kappa shape index (κ2) is 8.70. The van der Waals surface area contributed by atoms with Crippen molar-refractivity contribution in [3.05, 3.63) is 70.5 Å². The summed E-state index contributed by atoms with van der Waals surface area (Å²) in [6.07, 6.45) is -11.7. The Bertz CT molecular complexity index is 1300. The molecule has 4 N–H and O–H groups in total. The van der Waals surface area contributed by atoms with Gasteiger partial charge >= 0.3 is 12.4 Å². The molecular weight excluding hydrogens is 509 g/mol. The average molecular weight is 518 g/mol. The smallest absolute Gasteiger partial charge is 0.423 e. The predicted molar refractivity (Wildman–Crippen MR) is 98.1 cm³/mol. The van der Waals surface area contributed by atoms with Crippen LogP contribution in [0.25, 0.3) is 0 Å². The SMILES string of the molecule is Nc1cc(Oc2cc(F)c(C(F)(F)F)c(Oc3cc(N)c(F)cc3F)c2C(F)(F)F)c(F)cc1F. The van der Waals surface area contributed by atoms with Crippen LogP contribution < -0.4 is 20.9 Å².